The average Bonchev–Trinajstić information content (AvgIpc) is 2.37. The molecule has 1 aromatic rings. The Hall–Kier alpha value is -1.00. The van der Waals surface area contributed by atoms with Crippen molar-refractivity contribution in [3.05, 3.63) is 24.3 Å². The molecule has 1 heterocycles. The van der Waals surface area contributed by atoms with Gasteiger partial charge in [0, 0.05) is 39.7 Å². The van der Waals surface area contributed by atoms with E-state index in [1.54, 1.807) is 0 Å². The van der Waals surface area contributed by atoms with Gasteiger partial charge in [-0.05, 0) is 18.2 Å². The number of aliphatic hydroxyl groups is 1. The maximum Gasteiger partial charge on any atom is 0.243 e. The molecule has 0 saturated carbocycles. The third kappa shape index (κ3) is 2.97. The summed E-state index contributed by atoms with van der Waals surface area (Å²) in [6.07, 6.45) is 0. The predicted octanol–water partition coefficient (Wildman–Crippen LogP) is -0.450. The number of nitrogens with zero attached hydrogens (tertiary/aromatic N) is 2. The van der Waals surface area contributed by atoms with Gasteiger partial charge in [0.25, 0.3) is 0 Å². The first-order valence-electron chi connectivity index (χ1n) is 6.33. The first kappa shape index (κ1) is 16.4. The summed E-state index contributed by atoms with van der Waals surface area (Å²) in [7, 11) is -4.62. The lowest BCUT2D eigenvalue weighted by atomic mass is 10.1. The second-order valence-corrected chi connectivity index (χ2v) is 9.22. The normalized spacial score (nSPS) is 17.9. The molecule has 1 saturated heterocycles. The van der Waals surface area contributed by atoms with E-state index in [-0.39, 0.29) is 35.4 Å². The number of sulfonamides is 2. The van der Waals surface area contributed by atoms with Crippen LogP contribution >= 0.6 is 0 Å². The van der Waals surface area contributed by atoms with E-state index in [0.717, 1.165) is 10.4 Å². The highest BCUT2D eigenvalue weighted by molar-refractivity contribution is 7.90. The number of rotatable bonds is 5. The highest BCUT2D eigenvalue weighted by Crippen LogP contribution is 2.26. The summed E-state index contributed by atoms with van der Waals surface area (Å²) in [6, 6.07) is 5.31. The van der Waals surface area contributed by atoms with Crippen molar-refractivity contribution in [3.63, 3.8) is 0 Å². The average molecular weight is 334 g/mol. The Bertz CT molecular complexity index is 722. The van der Waals surface area contributed by atoms with E-state index >= 15 is 0 Å². The van der Waals surface area contributed by atoms with Gasteiger partial charge in [0.05, 0.1) is 9.79 Å². The minimum Gasteiger partial charge on any atom is -0.396 e. The second kappa shape index (κ2) is 5.65. The van der Waals surface area contributed by atoms with Crippen LogP contribution in [-0.4, -0.2) is 64.3 Å². The molecule has 1 N–H and O–H groups in total. The van der Waals surface area contributed by atoms with E-state index in [9.17, 15) is 16.8 Å². The molecule has 1 aliphatic heterocycles. The molecule has 118 valence electrons. The number of aliphatic hydroxyl groups excluding tert-OH is 1. The summed E-state index contributed by atoms with van der Waals surface area (Å²) in [5.74, 6) is -0.0477. The third-order valence-corrected chi connectivity index (χ3v) is 7.04. The summed E-state index contributed by atoms with van der Waals surface area (Å²) in [6.45, 7) is 0.452. The summed E-state index contributed by atoms with van der Waals surface area (Å²) in [5, 5.41) is 8.95. The third-order valence-electron chi connectivity index (χ3n) is 3.40. The summed E-state index contributed by atoms with van der Waals surface area (Å²) in [4.78, 5) is -0.116. The Morgan fingerprint density at radius 2 is 1.76 bits per heavy atom. The molecule has 2 rings (SSSR count). The van der Waals surface area contributed by atoms with Gasteiger partial charge in [-0.2, -0.15) is 4.31 Å². The molecule has 0 unspecified atom stereocenters. The SMILES string of the molecule is CN(C)S(=O)(=O)c1cccc(S(=O)(=O)N2CC(CO)C2)c1. The quantitative estimate of drug-likeness (QED) is 0.787. The van der Waals surface area contributed by atoms with E-state index in [0.29, 0.717) is 0 Å². The molecule has 7 nitrogen and oxygen atoms in total. The maximum absolute atomic E-state index is 12.4. The van der Waals surface area contributed by atoms with Gasteiger partial charge in [0.1, 0.15) is 0 Å². The van der Waals surface area contributed by atoms with Crippen LogP contribution in [0.1, 0.15) is 0 Å². The van der Waals surface area contributed by atoms with Gasteiger partial charge in [0.15, 0.2) is 0 Å². The highest BCUT2D eigenvalue weighted by atomic mass is 32.2. The lowest BCUT2D eigenvalue weighted by Gasteiger charge is -2.36. The van der Waals surface area contributed by atoms with Crippen molar-refractivity contribution >= 4 is 20.0 Å². The number of benzene rings is 1. The van der Waals surface area contributed by atoms with E-state index in [4.69, 9.17) is 5.11 Å². The Morgan fingerprint density at radius 1 is 1.19 bits per heavy atom. The molecule has 1 aliphatic rings. The van der Waals surface area contributed by atoms with Crippen LogP contribution in [0.4, 0.5) is 0 Å². The lowest BCUT2D eigenvalue weighted by molar-refractivity contribution is 0.117. The van der Waals surface area contributed by atoms with Crippen LogP contribution in [0.15, 0.2) is 34.1 Å². The van der Waals surface area contributed by atoms with Gasteiger partial charge < -0.3 is 5.11 Å². The molecular formula is C12H18N2O5S2. The van der Waals surface area contributed by atoms with Crippen LogP contribution in [0.3, 0.4) is 0 Å². The van der Waals surface area contributed by atoms with Crippen LogP contribution in [0, 0.1) is 5.92 Å². The summed E-state index contributed by atoms with van der Waals surface area (Å²) < 4.78 is 51.1. The molecule has 0 amide bonds. The van der Waals surface area contributed by atoms with Gasteiger partial charge in [-0.15, -0.1) is 0 Å². The van der Waals surface area contributed by atoms with E-state index in [2.05, 4.69) is 0 Å². The fourth-order valence-electron chi connectivity index (χ4n) is 1.99. The Kier molecular flexibility index (Phi) is 4.41. The van der Waals surface area contributed by atoms with Gasteiger partial charge in [0.2, 0.25) is 20.0 Å². The molecule has 0 spiro atoms. The number of hydrogen-bond acceptors (Lipinski definition) is 5. The zero-order valence-electron chi connectivity index (χ0n) is 11.8. The van der Waals surface area contributed by atoms with Crippen molar-refractivity contribution in [1.82, 2.24) is 8.61 Å². The minimum absolute atomic E-state index is 0.0477. The van der Waals surface area contributed by atoms with E-state index < -0.39 is 20.0 Å². The van der Waals surface area contributed by atoms with Crippen molar-refractivity contribution in [1.29, 1.82) is 0 Å². The molecule has 0 radical (unpaired) electrons. The van der Waals surface area contributed by atoms with Crippen molar-refractivity contribution in [2.45, 2.75) is 9.79 Å². The zero-order chi connectivity index (χ0) is 15.8. The van der Waals surface area contributed by atoms with Crippen molar-refractivity contribution in [2.75, 3.05) is 33.8 Å². The summed E-state index contributed by atoms with van der Waals surface area (Å²) in [5.41, 5.74) is 0. The number of hydrogen-bond donors (Lipinski definition) is 1. The maximum atomic E-state index is 12.4. The zero-order valence-corrected chi connectivity index (χ0v) is 13.4. The van der Waals surface area contributed by atoms with Crippen LogP contribution in [0.2, 0.25) is 0 Å². The van der Waals surface area contributed by atoms with E-state index in [1.165, 1.54) is 36.6 Å². The van der Waals surface area contributed by atoms with Crippen LogP contribution < -0.4 is 0 Å². The standard InChI is InChI=1S/C12H18N2O5S2/c1-13(2)20(16,17)11-4-3-5-12(6-11)21(18,19)14-7-10(8-14)9-15/h3-6,10,15H,7-9H2,1-2H3. The van der Waals surface area contributed by atoms with Crippen molar-refractivity contribution < 1.29 is 21.9 Å². The molecular weight excluding hydrogens is 316 g/mol. The van der Waals surface area contributed by atoms with Crippen molar-refractivity contribution in [3.8, 4) is 0 Å². The predicted molar refractivity (Wildman–Crippen MR) is 76.6 cm³/mol. The molecule has 9 heteroatoms. The van der Waals surface area contributed by atoms with Crippen LogP contribution in [-0.2, 0) is 20.0 Å². The first-order valence-corrected chi connectivity index (χ1v) is 9.21. The molecule has 1 aromatic carbocycles. The van der Waals surface area contributed by atoms with Gasteiger partial charge in [-0.1, -0.05) is 6.07 Å². The minimum atomic E-state index is -3.71. The molecule has 0 aliphatic carbocycles. The molecule has 1 fully saturated rings. The van der Waals surface area contributed by atoms with Gasteiger partial charge in [-0.3, -0.25) is 0 Å². The topological polar surface area (TPSA) is 95.0 Å². The summed E-state index contributed by atoms with van der Waals surface area (Å²) >= 11 is 0. The highest BCUT2D eigenvalue weighted by Gasteiger charge is 2.36. The smallest absolute Gasteiger partial charge is 0.243 e. The fraction of sp³-hybridized carbons (Fsp3) is 0.500. The fourth-order valence-corrected chi connectivity index (χ4v) is 4.65. The largest absolute Gasteiger partial charge is 0.396 e. The lowest BCUT2D eigenvalue weighted by Crippen LogP contribution is -2.51. The Balaban J connectivity index is 2.34. The van der Waals surface area contributed by atoms with Gasteiger partial charge >= 0.3 is 0 Å². The van der Waals surface area contributed by atoms with E-state index in [1.807, 2.05) is 0 Å². The second-order valence-electron chi connectivity index (χ2n) is 5.13. The molecule has 0 bridgehead atoms. The molecule has 0 atom stereocenters. The Morgan fingerprint density at radius 3 is 2.29 bits per heavy atom. The van der Waals surface area contributed by atoms with Crippen LogP contribution in [0.5, 0.6) is 0 Å². The van der Waals surface area contributed by atoms with Gasteiger partial charge in [-0.25, -0.2) is 21.1 Å². The Labute approximate surface area is 124 Å². The van der Waals surface area contributed by atoms with Crippen LogP contribution in [0.25, 0.3) is 0 Å². The molecule has 0 aromatic heterocycles. The first-order chi connectivity index (χ1) is 9.69. The molecule has 21 heavy (non-hydrogen) atoms. The van der Waals surface area contributed by atoms with Crippen molar-refractivity contribution in [2.24, 2.45) is 5.92 Å². The monoisotopic (exact) mass is 334 g/mol.